The van der Waals surface area contributed by atoms with Gasteiger partial charge in [-0.05, 0) is 30.3 Å². The van der Waals surface area contributed by atoms with Gasteiger partial charge in [-0.25, -0.2) is 9.98 Å². The Morgan fingerprint density at radius 3 is 2.77 bits per heavy atom. The SMILES string of the molecule is NC(=O)c1c(Nc2ccccc2)oc(C=C2C=Nc3ncccc32)c1O. The maximum atomic E-state index is 11.8. The third-order valence-electron chi connectivity index (χ3n) is 3.90. The number of aromatic hydroxyl groups is 1. The third kappa shape index (κ3) is 2.71. The first-order valence-corrected chi connectivity index (χ1v) is 7.82. The number of rotatable bonds is 4. The van der Waals surface area contributed by atoms with Crippen LogP contribution in [0.2, 0.25) is 0 Å². The van der Waals surface area contributed by atoms with Crippen molar-refractivity contribution in [2.24, 2.45) is 10.7 Å². The zero-order chi connectivity index (χ0) is 18.1. The third-order valence-corrected chi connectivity index (χ3v) is 3.90. The fourth-order valence-electron chi connectivity index (χ4n) is 2.69. The van der Waals surface area contributed by atoms with Crippen molar-refractivity contribution >= 4 is 41.2 Å². The number of carbonyl (C=O) groups is 1. The molecule has 7 heteroatoms. The van der Waals surface area contributed by atoms with Crippen LogP contribution in [0.15, 0.2) is 58.1 Å². The molecule has 0 saturated carbocycles. The number of allylic oxidation sites excluding steroid dienone is 1. The van der Waals surface area contributed by atoms with E-state index in [0.717, 1.165) is 5.56 Å². The largest absolute Gasteiger partial charge is 0.504 e. The van der Waals surface area contributed by atoms with E-state index in [4.69, 9.17) is 10.2 Å². The zero-order valence-electron chi connectivity index (χ0n) is 13.5. The number of furan rings is 1. The number of fused-ring (bicyclic) bond motifs is 1. The van der Waals surface area contributed by atoms with Gasteiger partial charge in [0, 0.05) is 29.2 Å². The van der Waals surface area contributed by atoms with E-state index in [1.807, 2.05) is 24.3 Å². The lowest BCUT2D eigenvalue weighted by molar-refractivity contribution is 0.0998. The summed E-state index contributed by atoms with van der Waals surface area (Å²) < 4.78 is 5.67. The molecular formula is C19H14N4O3. The van der Waals surface area contributed by atoms with Crippen LogP contribution < -0.4 is 11.1 Å². The van der Waals surface area contributed by atoms with Crippen molar-refractivity contribution in [3.05, 3.63) is 65.5 Å². The Hall–Kier alpha value is -3.87. The monoisotopic (exact) mass is 346 g/mol. The summed E-state index contributed by atoms with van der Waals surface area (Å²) in [5.41, 5.74) is 7.51. The first-order chi connectivity index (χ1) is 12.6. The Balaban J connectivity index is 1.77. The molecule has 3 aromatic rings. The van der Waals surface area contributed by atoms with Gasteiger partial charge >= 0.3 is 0 Å². The van der Waals surface area contributed by atoms with Gasteiger partial charge in [-0.2, -0.15) is 0 Å². The summed E-state index contributed by atoms with van der Waals surface area (Å²) in [4.78, 5) is 20.2. The Morgan fingerprint density at radius 1 is 1.19 bits per heavy atom. The highest BCUT2D eigenvalue weighted by Crippen LogP contribution is 2.38. The minimum atomic E-state index is -0.795. The minimum absolute atomic E-state index is 0.0781. The average Bonchev–Trinajstić information content (AvgIpc) is 3.18. The number of benzene rings is 1. The summed E-state index contributed by atoms with van der Waals surface area (Å²) in [6.45, 7) is 0. The molecule has 1 aromatic carbocycles. The Morgan fingerprint density at radius 2 is 2.00 bits per heavy atom. The molecule has 0 aliphatic carbocycles. The summed E-state index contributed by atoms with van der Waals surface area (Å²) in [5, 5.41) is 13.4. The quantitative estimate of drug-likeness (QED) is 0.669. The number of para-hydroxylation sites is 1. The van der Waals surface area contributed by atoms with E-state index in [1.54, 1.807) is 36.7 Å². The second-order valence-corrected chi connectivity index (χ2v) is 5.61. The van der Waals surface area contributed by atoms with Gasteiger partial charge in [0.25, 0.3) is 5.91 Å². The maximum Gasteiger partial charge on any atom is 0.258 e. The molecule has 0 radical (unpaired) electrons. The molecule has 1 amide bonds. The normalized spacial score (nSPS) is 13.8. The Labute approximate surface area is 148 Å². The van der Waals surface area contributed by atoms with Crippen molar-refractivity contribution in [1.29, 1.82) is 0 Å². The summed E-state index contributed by atoms with van der Waals surface area (Å²) in [7, 11) is 0. The second kappa shape index (κ2) is 6.21. The molecule has 0 unspecified atom stereocenters. The van der Waals surface area contributed by atoms with E-state index in [0.29, 0.717) is 17.1 Å². The van der Waals surface area contributed by atoms with Crippen LogP contribution in [0, 0.1) is 0 Å². The fourth-order valence-corrected chi connectivity index (χ4v) is 2.69. The lowest BCUT2D eigenvalue weighted by atomic mass is 10.1. The molecule has 0 saturated heterocycles. The van der Waals surface area contributed by atoms with E-state index < -0.39 is 5.91 Å². The van der Waals surface area contributed by atoms with Gasteiger partial charge in [-0.3, -0.25) is 4.79 Å². The van der Waals surface area contributed by atoms with Crippen molar-refractivity contribution in [1.82, 2.24) is 4.98 Å². The number of carbonyl (C=O) groups excluding carboxylic acids is 1. The standard InChI is InChI=1S/C19H14N4O3/c20-17(25)15-16(24)14(26-19(15)23-12-5-2-1-3-6-12)9-11-10-22-18-13(11)7-4-8-21-18/h1-10,23-24H,(H2,20,25). The Kier molecular flexibility index (Phi) is 3.74. The van der Waals surface area contributed by atoms with Crippen molar-refractivity contribution < 1.29 is 14.3 Å². The van der Waals surface area contributed by atoms with Crippen LogP contribution in [0.3, 0.4) is 0 Å². The number of nitrogens with one attached hydrogen (secondary N) is 1. The molecule has 1 aliphatic heterocycles. The van der Waals surface area contributed by atoms with Gasteiger partial charge < -0.3 is 20.6 Å². The van der Waals surface area contributed by atoms with Gasteiger partial charge in [0.05, 0.1) is 0 Å². The number of aromatic nitrogens is 1. The molecule has 7 nitrogen and oxygen atoms in total. The molecule has 1 aliphatic rings. The van der Waals surface area contributed by atoms with Crippen LogP contribution in [0.4, 0.5) is 17.4 Å². The van der Waals surface area contributed by atoms with Crippen LogP contribution in [0.25, 0.3) is 11.6 Å². The second-order valence-electron chi connectivity index (χ2n) is 5.61. The molecule has 4 rings (SSSR count). The van der Waals surface area contributed by atoms with E-state index in [-0.39, 0.29) is 23.0 Å². The molecule has 128 valence electrons. The number of nitrogens with two attached hydrogens (primary N) is 1. The summed E-state index contributed by atoms with van der Waals surface area (Å²) >= 11 is 0. The molecule has 0 bridgehead atoms. The topological polar surface area (TPSA) is 114 Å². The molecule has 0 spiro atoms. The van der Waals surface area contributed by atoms with Gasteiger partial charge in [0.15, 0.2) is 17.3 Å². The van der Waals surface area contributed by atoms with E-state index in [1.165, 1.54) is 0 Å². The number of primary amides is 1. The van der Waals surface area contributed by atoms with Crippen LogP contribution >= 0.6 is 0 Å². The molecule has 0 fully saturated rings. The molecular weight excluding hydrogens is 332 g/mol. The average molecular weight is 346 g/mol. The first-order valence-electron chi connectivity index (χ1n) is 7.82. The molecule has 0 atom stereocenters. The van der Waals surface area contributed by atoms with Gasteiger partial charge in [-0.15, -0.1) is 0 Å². The molecule has 2 aromatic heterocycles. The van der Waals surface area contributed by atoms with Crippen LogP contribution in [0.5, 0.6) is 5.75 Å². The number of hydrogen-bond acceptors (Lipinski definition) is 6. The Bertz CT molecular complexity index is 1050. The minimum Gasteiger partial charge on any atom is -0.504 e. The lowest BCUT2D eigenvalue weighted by Gasteiger charge is -2.03. The molecule has 3 heterocycles. The highest BCUT2D eigenvalue weighted by molar-refractivity contribution is 6.21. The molecule has 26 heavy (non-hydrogen) atoms. The van der Waals surface area contributed by atoms with Crippen molar-refractivity contribution in [3.8, 4) is 5.75 Å². The van der Waals surface area contributed by atoms with Crippen molar-refractivity contribution in [3.63, 3.8) is 0 Å². The first kappa shape index (κ1) is 15.6. The van der Waals surface area contributed by atoms with Crippen LogP contribution in [-0.4, -0.2) is 22.2 Å². The molecule has 4 N–H and O–H groups in total. The fraction of sp³-hybridized carbons (Fsp3) is 0. The predicted molar refractivity (Wildman–Crippen MR) is 98.9 cm³/mol. The van der Waals surface area contributed by atoms with Crippen molar-refractivity contribution in [2.45, 2.75) is 0 Å². The summed E-state index contributed by atoms with van der Waals surface area (Å²) in [5.74, 6) is -0.349. The zero-order valence-corrected chi connectivity index (χ0v) is 13.5. The smallest absolute Gasteiger partial charge is 0.258 e. The summed E-state index contributed by atoms with van der Waals surface area (Å²) in [6, 6.07) is 12.8. The number of pyridine rings is 1. The number of hydrogen-bond donors (Lipinski definition) is 3. The number of amides is 1. The van der Waals surface area contributed by atoms with E-state index >= 15 is 0 Å². The van der Waals surface area contributed by atoms with E-state index in [9.17, 15) is 9.90 Å². The van der Waals surface area contributed by atoms with Crippen LogP contribution in [0.1, 0.15) is 21.7 Å². The summed E-state index contributed by atoms with van der Waals surface area (Å²) in [6.07, 6.45) is 4.86. The maximum absolute atomic E-state index is 11.8. The highest BCUT2D eigenvalue weighted by Gasteiger charge is 2.24. The number of nitrogens with zero attached hydrogens (tertiary/aromatic N) is 2. The van der Waals surface area contributed by atoms with Crippen molar-refractivity contribution in [2.75, 3.05) is 5.32 Å². The predicted octanol–water partition coefficient (Wildman–Crippen LogP) is 3.48. The number of anilines is 2. The van der Waals surface area contributed by atoms with Gasteiger partial charge in [0.2, 0.25) is 5.88 Å². The number of aliphatic imine (C=N–C) groups is 1. The van der Waals surface area contributed by atoms with Gasteiger partial charge in [0.1, 0.15) is 5.56 Å². The van der Waals surface area contributed by atoms with E-state index in [2.05, 4.69) is 15.3 Å². The van der Waals surface area contributed by atoms with Gasteiger partial charge in [-0.1, -0.05) is 18.2 Å². The van der Waals surface area contributed by atoms with Crippen LogP contribution in [-0.2, 0) is 0 Å². The highest BCUT2D eigenvalue weighted by atomic mass is 16.4. The lowest BCUT2D eigenvalue weighted by Crippen LogP contribution is -2.12.